The second kappa shape index (κ2) is 10.2. The number of likely N-dealkylation sites (tertiary alicyclic amines) is 1. The average Bonchev–Trinajstić information content (AvgIpc) is 2.85. The number of aromatic nitrogens is 2. The van der Waals surface area contributed by atoms with Crippen LogP contribution in [0.15, 0.2) is 58.5 Å². The smallest absolute Gasteiger partial charge is 0.262 e. The van der Waals surface area contributed by atoms with E-state index in [0.717, 1.165) is 37.1 Å². The normalized spacial score (nSPS) is 16.3. The minimum Gasteiger partial charge on any atom is -0.497 e. The molecule has 1 aromatic heterocycles. The van der Waals surface area contributed by atoms with Gasteiger partial charge in [0.05, 0.1) is 30.3 Å². The average molecular weight is 452 g/mol. The molecule has 32 heavy (non-hydrogen) atoms. The van der Waals surface area contributed by atoms with E-state index in [4.69, 9.17) is 9.72 Å². The van der Waals surface area contributed by atoms with Crippen molar-refractivity contribution in [3.05, 3.63) is 64.4 Å². The van der Waals surface area contributed by atoms with E-state index in [1.165, 1.54) is 18.2 Å². The van der Waals surface area contributed by atoms with Gasteiger partial charge in [0.15, 0.2) is 5.16 Å². The van der Waals surface area contributed by atoms with Gasteiger partial charge in [-0.2, -0.15) is 0 Å². The summed E-state index contributed by atoms with van der Waals surface area (Å²) in [5.41, 5.74) is 1.54. The van der Waals surface area contributed by atoms with Crippen LogP contribution in [0.3, 0.4) is 0 Å². The zero-order valence-corrected chi connectivity index (χ0v) is 19.4. The largest absolute Gasteiger partial charge is 0.497 e. The highest BCUT2D eigenvalue weighted by Crippen LogP contribution is 2.24. The van der Waals surface area contributed by atoms with Crippen LogP contribution in [0.4, 0.5) is 0 Å². The molecule has 1 fully saturated rings. The van der Waals surface area contributed by atoms with Gasteiger partial charge in [0.1, 0.15) is 5.75 Å². The Morgan fingerprint density at radius 1 is 1.16 bits per heavy atom. The van der Waals surface area contributed by atoms with Crippen LogP contribution < -0.4 is 10.3 Å². The molecule has 1 aliphatic rings. The molecule has 1 amide bonds. The van der Waals surface area contributed by atoms with Gasteiger partial charge < -0.3 is 9.64 Å². The van der Waals surface area contributed by atoms with Gasteiger partial charge in [-0.3, -0.25) is 14.2 Å². The number of carbonyl (C=O) groups excluding carboxylic acids is 1. The van der Waals surface area contributed by atoms with Gasteiger partial charge in [0.2, 0.25) is 5.91 Å². The highest BCUT2D eigenvalue weighted by atomic mass is 32.2. The highest BCUT2D eigenvalue weighted by molar-refractivity contribution is 7.99. The van der Waals surface area contributed by atoms with E-state index in [1.807, 2.05) is 47.4 Å². The molecule has 0 aliphatic carbocycles. The maximum atomic E-state index is 13.3. The van der Waals surface area contributed by atoms with E-state index >= 15 is 0 Å². The third-order valence-corrected chi connectivity index (χ3v) is 7.03. The number of thioether (sulfide) groups is 1. The van der Waals surface area contributed by atoms with Crippen molar-refractivity contribution in [2.24, 2.45) is 0 Å². The van der Waals surface area contributed by atoms with E-state index in [-0.39, 0.29) is 17.2 Å². The lowest BCUT2D eigenvalue weighted by molar-refractivity contribution is -0.132. The Morgan fingerprint density at radius 3 is 2.69 bits per heavy atom. The number of methoxy groups -OCH3 is 1. The molecule has 0 radical (unpaired) electrons. The zero-order chi connectivity index (χ0) is 22.5. The molecular weight excluding hydrogens is 422 g/mol. The predicted octanol–water partition coefficient (Wildman–Crippen LogP) is 4.34. The number of fused-ring (bicyclic) bond motifs is 1. The van der Waals surface area contributed by atoms with Gasteiger partial charge in [-0.1, -0.05) is 43.0 Å². The van der Waals surface area contributed by atoms with Crippen molar-refractivity contribution in [2.45, 2.75) is 50.4 Å². The summed E-state index contributed by atoms with van der Waals surface area (Å²) in [7, 11) is 1.63. The van der Waals surface area contributed by atoms with Gasteiger partial charge in [-0.25, -0.2) is 4.98 Å². The monoisotopic (exact) mass is 451 g/mol. The van der Waals surface area contributed by atoms with Crippen molar-refractivity contribution in [2.75, 3.05) is 19.4 Å². The van der Waals surface area contributed by atoms with Crippen LogP contribution in [0.5, 0.6) is 5.75 Å². The maximum Gasteiger partial charge on any atom is 0.262 e. The van der Waals surface area contributed by atoms with Crippen LogP contribution >= 0.6 is 11.8 Å². The minimum atomic E-state index is -0.0919. The molecule has 1 unspecified atom stereocenters. The number of ether oxygens (including phenoxy) is 1. The molecule has 0 N–H and O–H groups in total. The SMILES string of the molecule is CCC1CCCCN1C(=O)CSc1nc2ccccc2c(=O)n1Cc1ccc(OC)cc1. The van der Waals surface area contributed by atoms with Crippen LogP contribution in [0, 0.1) is 0 Å². The first-order valence-corrected chi connectivity index (χ1v) is 12.1. The van der Waals surface area contributed by atoms with Crippen molar-refractivity contribution in [3.63, 3.8) is 0 Å². The van der Waals surface area contributed by atoms with Crippen LogP contribution in [0.2, 0.25) is 0 Å². The molecule has 6 nitrogen and oxygen atoms in total. The van der Waals surface area contributed by atoms with E-state index in [2.05, 4.69) is 6.92 Å². The number of hydrogen-bond donors (Lipinski definition) is 0. The Hall–Kier alpha value is -2.80. The lowest BCUT2D eigenvalue weighted by atomic mass is 10.0. The molecule has 0 bridgehead atoms. The second-order valence-corrected chi connectivity index (χ2v) is 9.03. The molecule has 168 valence electrons. The minimum absolute atomic E-state index is 0.0919. The molecule has 1 aliphatic heterocycles. The lowest BCUT2D eigenvalue weighted by Gasteiger charge is -2.35. The molecule has 3 aromatic rings. The first-order chi connectivity index (χ1) is 15.6. The first-order valence-electron chi connectivity index (χ1n) is 11.2. The molecule has 1 atom stereocenters. The van der Waals surface area contributed by atoms with Crippen molar-refractivity contribution in [1.29, 1.82) is 0 Å². The summed E-state index contributed by atoms with van der Waals surface area (Å²) in [6, 6.07) is 15.3. The molecule has 7 heteroatoms. The van der Waals surface area contributed by atoms with Crippen molar-refractivity contribution < 1.29 is 9.53 Å². The van der Waals surface area contributed by atoms with Crippen molar-refractivity contribution >= 4 is 28.6 Å². The summed E-state index contributed by atoms with van der Waals surface area (Å²) in [5.74, 6) is 1.18. The number of rotatable bonds is 7. The number of carbonyl (C=O) groups is 1. The summed E-state index contributed by atoms with van der Waals surface area (Å²) in [6.45, 7) is 3.35. The maximum absolute atomic E-state index is 13.3. The fourth-order valence-electron chi connectivity index (χ4n) is 4.27. The Labute approximate surface area is 192 Å². The van der Waals surface area contributed by atoms with E-state index < -0.39 is 0 Å². The summed E-state index contributed by atoms with van der Waals surface area (Å²) < 4.78 is 6.91. The van der Waals surface area contributed by atoms with Gasteiger partial charge in [-0.15, -0.1) is 0 Å². The molecule has 2 aromatic carbocycles. The lowest BCUT2D eigenvalue weighted by Crippen LogP contribution is -2.44. The Kier molecular flexibility index (Phi) is 7.15. The van der Waals surface area contributed by atoms with Gasteiger partial charge >= 0.3 is 0 Å². The van der Waals surface area contributed by atoms with E-state index in [1.54, 1.807) is 17.7 Å². The Morgan fingerprint density at radius 2 is 1.94 bits per heavy atom. The zero-order valence-electron chi connectivity index (χ0n) is 18.6. The Bertz CT molecular complexity index is 1140. The summed E-state index contributed by atoms with van der Waals surface area (Å²) in [6.07, 6.45) is 4.29. The topological polar surface area (TPSA) is 64.4 Å². The van der Waals surface area contributed by atoms with Crippen LogP contribution in [0.1, 0.15) is 38.2 Å². The van der Waals surface area contributed by atoms with Crippen LogP contribution in [-0.2, 0) is 11.3 Å². The fraction of sp³-hybridized carbons (Fsp3) is 0.400. The van der Waals surface area contributed by atoms with Gasteiger partial charge in [0.25, 0.3) is 5.56 Å². The summed E-state index contributed by atoms with van der Waals surface area (Å²) in [4.78, 5) is 33.1. The quantitative estimate of drug-likeness (QED) is 0.395. The number of benzene rings is 2. The van der Waals surface area contributed by atoms with E-state index in [9.17, 15) is 9.59 Å². The molecule has 2 heterocycles. The van der Waals surface area contributed by atoms with Gasteiger partial charge in [-0.05, 0) is 55.5 Å². The molecule has 0 saturated carbocycles. The predicted molar refractivity (Wildman–Crippen MR) is 128 cm³/mol. The first kappa shape index (κ1) is 22.4. The standard InChI is InChI=1S/C25H29N3O3S/c1-3-19-8-6-7-15-27(19)23(29)17-32-25-26-22-10-5-4-9-21(22)24(30)28(25)16-18-11-13-20(31-2)14-12-18/h4-5,9-14,19H,3,6-8,15-17H2,1-2H3. The van der Waals surface area contributed by atoms with Crippen LogP contribution in [0.25, 0.3) is 10.9 Å². The van der Waals surface area contributed by atoms with Crippen molar-refractivity contribution in [3.8, 4) is 5.75 Å². The number of hydrogen-bond acceptors (Lipinski definition) is 5. The number of para-hydroxylation sites is 1. The third-order valence-electron chi connectivity index (χ3n) is 6.07. The van der Waals surface area contributed by atoms with Gasteiger partial charge in [0, 0.05) is 12.6 Å². The van der Waals surface area contributed by atoms with Crippen molar-refractivity contribution in [1.82, 2.24) is 14.5 Å². The molecule has 0 spiro atoms. The molecule has 4 rings (SSSR count). The highest BCUT2D eigenvalue weighted by Gasteiger charge is 2.25. The summed E-state index contributed by atoms with van der Waals surface area (Å²) >= 11 is 1.35. The molecular formula is C25H29N3O3S. The number of amides is 1. The third kappa shape index (κ3) is 4.83. The number of nitrogens with zero attached hydrogens (tertiary/aromatic N) is 3. The van der Waals surface area contributed by atoms with Crippen LogP contribution in [-0.4, -0.2) is 45.8 Å². The number of piperidine rings is 1. The molecule has 1 saturated heterocycles. The fourth-order valence-corrected chi connectivity index (χ4v) is 5.16. The van der Waals surface area contributed by atoms with E-state index in [0.29, 0.717) is 28.6 Å². The second-order valence-electron chi connectivity index (χ2n) is 8.08. The summed E-state index contributed by atoms with van der Waals surface area (Å²) in [5, 5.41) is 1.15. The Balaban J connectivity index is 1.62.